The minimum absolute atomic E-state index is 0. The van der Waals surface area contributed by atoms with Gasteiger partial charge in [0.25, 0.3) is 21.9 Å². The van der Waals surface area contributed by atoms with Crippen LogP contribution in [-0.4, -0.2) is 156 Å². The van der Waals surface area contributed by atoms with E-state index in [-0.39, 0.29) is 87.2 Å². The number of benzene rings is 1. The monoisotopic (exact) mass is 617 g/mol. The summed E-state index contributed by atoms with van der Waals surface area (Å²) in [4.78, 5) is 43.8. The molecule has 2 atom stereocenters. The first-order chi connectivity index (χ1) is 17.6. The number of carboxylic acid groups (broad SMARTS) is 1. The van der Waals surface area contributed by atoms with Crippen molar-refractivity contribution in [2.24, 2.45) is 5.16 Å². The number of hydrogen-bond donors (Lipinski definition) is 3. The molecule has 0 aliphatic carbocycles. The third kappa shape index (κ3) is 7.84. The molecule has 0 saturated carbocycles. The zero-order valence-electron chi connectivity index (χ0n) is 18.9. The van der Waals surface area contributed by atoms with E-state index in [9.17, 15) is 27.9 Å². The summed E-state index contributed by atoms with van der Waals surface area (Å²) in [6, 6.07) is 7.53. The summed E-state index contributed by atoms with van der Waals surface area (Å²) in [7, 11) is -3.12. The molecule has 0 spiro atoms. The fourth-order valence-corrected chi connectivity index (χ4v) is 6.53. The summed E-state index contributed by atoms with van der Waals surface area (Å²) in [6.45, 7) is 0. The van der Waals surface area contributed by atoms with Crippen molar-refractivity contribution in [3.63, 3.8) is 0 Å². The van der Waals surface area contributed by atoms with E-state index in [4.69, 9.17) is 9.39 Å². The van der Waals surface area contributed by atoms with Crippen LogP contribution in [0.4, 0.5) is 0 Å². The normalized spacial score (nSPS) is 18.8. The van der Waals surface area contributed by atoms with Crippen molar-refractivity contribution in [2.75, 3.05) is 18.6 Å². The predicted octanol–water partition coefficient (Wildman–Crippen LogP) is -1.90. The summed E-state index contributed by atoms with van der Waals surface area (Å²) in [5, 5.41) is 26.1. The molecule has 4 rings (SSSR count). The van der Waals surface area contributed by atoms with Crippen LogP contribution >= 0.6 is 23.5 Å². The van der Waals surface area contributed by atoms with E-state index >= 15 is 0 Å². The van der Waals surface area contributed by atoms with E-state index in [0.717, 1.165) is 21.3 Å². The molecule has 200 valence electrons. The first-order valence-corrected chi connectivity index (χ1v) is 14.0. The molecule has 0 radical (unpaired) electrons. The van der Waals surface area contributed by atoms with E-state index < -0.39 is 45.2 Å². The predicted molar refractivity (Wildman–Crippen MR) is 144 cm³/mol. The number of tetrazole rings is 1. The zero-order valence-corrected chi connectivity index (χ0v) is 21.4. The molecule has 15 nitrogen and oxygen atoms in total. The van der Waals surface area contributed by atoms with Gasteiger partial charge in [-0.3, -0.25) is 19.0 Å². The third-order valence-electron chi connectivity index (χ3n) is 5.14. The Morgan fingerprint density at radius 3 is 2.59 bits per heavy atom. The van der Waals surface area contributed by atoms with Crippen LogP contribution in [0, 0.1) is 0 Å². The Bertz CT molecular complexity index is 1400. The molecule has 0 unspecified atom stereocenters. The van der Waals surface area contributed by atoms with Crippen molar-refractivity contribution < 1.29 is 37.3 Å². The summed E-state index contributed by atoms with van der Waals surface area (Å²) in [5.74, 6) is -3.21. The molecule has 1 aromatic carbocycles. The number of thioether (sulfide) groups is 2. The average Bonchev–Trinajstić information content (AvgIpc) is 3.29. The van der Waals surface area contributed by atoms with Crippen molar-refractivity contribution in [1.29, 1.82) is 0 Å². The molecule has 2 aromatic rings. The maximum atomic E-state index is 12.9. The molecular weight excluding hydrogens is 596 g/mol. The van der Waals surface area contributed by atoms with Crippen LogP contribution in [0.5, 0.6) is 0 Å². The third-order valence-corrected chi connectivity index (χ3v) is 8.10. The molecule has 2 amide bonds. The van der Waals surface area contributed by atoms with E-state index in [2.05, 4.69) is 26.0 Å². The maximum absolute atomic E-state index is 12.9. The Hall–Kier alpha value is -1.48. The number of fused-ring (bicyclic) bond motifs is 1. The van der Waals surface area contributed by atoms with E-state index in [1.807, 2.05) is 0 Å². The van der Waals surface area contributed by atoms with Gasteiger partial charge in [0, 0.05) is 17.1 Å². The fourth-order valence-electron chi connectivity index (χ4n) is 3.60. The number of oxime groups is 1. The summed E-state index contributed by atoms with van der Waals surface area (Å²) < 4.78 is 32.2. The van der Waals surface area contributed by atoms with Crippen LogP contribution in [0.1, 0.15) is 5.56 Å². The molecule has 3 heterocycles. The number of amides is 2. The molecule has 2 aliphatic heterocycles. The van der Waals surface area contributed by atoms with Gasteiger partial charge in [-0.1, -0.05) is 47.2 Å². The Morgan fingerprint density at radius 1 is 1.28 bits per heavy atom. The number of carboxylic acids is 1. The van der Waals surface area contributed by atoms with Gasteiger partial charge in [0.15, 0.2) is 11.6 Å². The second-order valence-corrected chi connectivity index (χ2v) is 11.0. The molecule has 1 fully saturated rings. The number of carbonyl (C=O) groups is 3. The Balaban J connectivity index is 0.00000267. The van der Waals surface area contributed by atoms with Gasteiger partial charge < -0.3 is 15.3 Å². The second-order valence-electron chi connectivity index (χ2n) is 7.57. The van der Waals surface area contributed by atoms with E-state index in [0.29, 0.717) is 11.1 Å². The minimum atomic E-state index is -4.40. The van der Waals surface area contributed by atoms with Crippen molar-refractivity contribution in [1.82, 2.24) is 30.4 Å². The number of nitrogens with one attached hydrogen (secondary N) is 1. The Labute approximate surface area is 274 Å². The van der Waals surface area contributed by atoms with Crippen molar-refractivity contribution in [3.05, 3.63) is 47.2 Å². The Morgan fingerprint density at radius 2 is 1.97 bits per heavy atom. The molecule has 0 bridgehead atoms. The van der Waals surface area contributed by atoms with Gasteiger partial charge in [0.2, 0.25) is 5.16 Å². The number of aromatic nitrogens is 4. The molecule has 1 saturated heterocycles. The average molecular weight is 618 g/mol. The van der Waals surface area contributed by atoms with Gasteiger partial charge in [-0.05, 0) is 16.0 Å². The van der Waals surface area contributed by atoms with Gasteiger partial charge in [-0.15, -0.1) is 16.9 Å². The van der Waals surface area contributed by atoms with Gasteiger partial charge in [-0.25, -0.2) is 9.48 Å². The van der Waals surface area contributed by atoms with Crippen molar-refractivity contribution in [3.8, 4) is 0 Å². The number of β-lactam (4-membered cyclic amide) rings is 1. The van der Waals surface area contributed by atoms with Gasteiger partial charge in [-0.2, -0.15) is 8.42 Å². The molecular formula is C19H21N7Na2O8S3. The summed E-state index contributed by atoms with van der Waals surface area (Å²) in [5.41, 5.74) is 0.589. The molecule has 1 aromatic heterocycles. The number of nitrogens with zero attached hydrogens (tertiary/aromatic N) is 6. The van der Waals surface area contributed by atoms with Crippen LogP contribution in [0.3, 0.4) is 0 Å². The Kier molecular flexibility index (Phi) is 12.5. The first-order valence-electron chi connectivity index (χ1n) is 10.3. The quantitative estimate of drug-likeness (QED) is 0.0666. The van der Waals surface area contributed by atoms with Crippen LogP contribution in [0.15, 0.2) is 51.9 Å². The summed E-state index contributed by atoms with van der Waals surface area (Å²) in [6.07, 6.45) is 0. The summed E-state index contributed by atoms with van der Waals surface area (Å²) >= 11 is 2.21. The van der Waals surface area contributed by atoms with Crippen LogP contribution in [-0.2, 0) is 35.2 Å². The second kappa shape index (κ2) is 14.4. The molecule has 3 N–H and O–H groups in total. The standard InChI is InChI=1S/C19H19N7O8S3.2Na.2H/c1-34-22-12(10-5-3-2-4-6-10)15(27)20-13-16(28)26-14(18(29)30)11(7-35-17(13)26)8-36-19-21-23-24-25(19)9-37(31,32)33;;;;/h2-6,13,17H,7-9H2,1H3,(H,20,27)(H,29,30)(H,31,32,33);;;;/b22-12+;;;;/t13-,17-;;;;/m1..../s1. The first kappa shape index (κ1) is 33.7. The van der Waals surface area contributed by atoms with Gasteiger partial charge >= 0.3 is 65.1 Å². The van der Waals surface area contributed by atoms with Gasteiger partial charge in [0.05, 0.1) is 0 Å². The van der Waals surface area contributed by atoms with E-state index in [1.165, 1.54) is 18.9 Å². The SMILES string of the molecule is CO/N=C(/C(=O)N[C@@H]1C(=O)N2C(C(=O)O)=C(CSc3nnnn3CS(=O)(=O)O)CS[C@H]12)c1ccccc1.[NaH].[NaH]. The van der Waals surface area contributed by atoms with Crippen LogP contribution in [0.25, 0.3) is 0 Å². The van der Waals surface area contributed by atoms with Crippen LogP contribution < -0.4 is 5.32 Å². The van der Waals surface area contributed by atoms with Crippen molar-refractivity contribution >= 4 is 116 Å². The van der Waals surface area contributed by atoms with Crippen LogP contribution in [0.2, 0.25) is 0 Å². The van der Waals surface area contributed by atoms with Gasteiger partial charge in [0.1, 0.15) is 24.2 Å². The van der Waals surface area contributed by atoms with E-state index in [1.54, 1.807) is 30.3 Å². The molecule has 2 aliphatic rings. The number of rotatable bonds is 10. The van der Waals surface area contributed by atoms with Crippen molar-refractivity contribution in [2.45, 2.75) is 22.4 Å². The molecule has 39 heavy (non-hydrogen) atoms. The fraction of sp³-hybridized carbons (Fsp3) is 0.316. The number of carbonyl (C=O) groups excluding carboxylic acids is 2. The topological polar surface area (TPSA) is 206 Å². The number of aliphatic carboxylic acids is 1. The zero-order chi connectivity index (χ0) is 26.7. The molecule has 20 heteroatoms. The number of hydrogen-bond acceptors (Lipinski definition) is 12.